The number of hydrogen-bond donors (Lipinski definition) is 2. The number of nitrogens with one attached hydrogen (secondary N) is 2. The summed E-state index contributed by atoms with van der Waals surface area (Å²) in [7, 11) is 0. The molecule has 3 aromatic rings. The van der Waals surface area contributed by atoms with Crippen molar-refractivity contribution in [2.24, 2.45) is 0 Å². The quantitative estimate of drug-likeness (QED) is 0.530. The summed E-state index contributed by atoms with van der Waals surface area (Å²) >= 11 is 7.36. The maximum Gasteiger partial charge on any atom is 0.273 e. The Hall–Kier alpha value is -3.01. The van der Waals surface area contributed by atoms with Gasteiger partial charge in [0, 0.05) is 48.8 Å². The summed E-state index contributed by atoms with van der Waals surface area (Å²) in [5.41, 5.74) is 2.05. The molecule has 0 bridgehead atoms. The maximum atomic E-state index is 13.0. The zero-order valence-corrected chi connectivity index (χ0v) is 19.3. The van der Waals surface area contributed by atoms with Crippen molar-refractivity contribution in [1.29, 1.82) is 0 Å². The van der Waals surface area contributed by atoms with E-state index in [1.54, 1.807) is 34.5 Å². The predicted molar refractivity (Wildman–Crippen MR) is 127 cm³/mol. The van der Waals surface area contributed by atoms with Gasteiger partial charge in [-0.05, 0) is 35.9 Å². The van der Waals surface area contributed by atoms with Crippen molar-refractivity contribution in [3.8, 4) is 0 Å². The fraction of sp³-hybridized carbons (Fsp3) is 0.261. The van der Waals surface area contributed by atoms with E-state index in [0.717, 1.165) is 11.3 Å². The molecule has 2 heterocycles. The van der Waals surface area contributed by atoms with Gasteiger partial charge in [-0.1, -0.05) is 29.8 Å². The van der Waals surface area contributed by atoms with E-state index in [9.17, 15) is 14.0 Å². The molecule has 33 heavy (non-hydrogen) atoms. The van der Waals surface area contributed by atoms with E-state index in [4.69, 9.17) is 11.6 Å². The number of carbonyl (C=O) groups is 2. The van der Waals surface area contributed by atoms with Crippen LogP contribution in [0.2, 0.25) is 5.02 Å². The highest BCUT2D eigenvalue weighted by Crippen LogP contribution is 2.24. The summed E-state index contributed by atoms with van der Waals surface area (Å²) in [5, 5.41) is 8.99. The maximum absolute atomic E-state index is 13.0. The summed E-state index contributed by atoms with van der Waals surface area (Å²) in [6.07, 6.45) is 0. The zero-order valence-electron chi connectivity index (χ0n) is 17.8. The second-order valence-corrected chi connectivity index (χ2v) is 8.94. The highest BCUT2D eigenvalue weighted by atomic mass is 35.5. The highest BCUT2D eigenvalue weighted by molar-refractivity contribution is 7.14. The fourth-order valence-corrected chi connectivity index (χ4v) is 4.35. The van der Waals surface area contributed by atoms with Gasteiger partial charge in [-0.3, -0.25) is 14.5 Å². The number of carbonyl (C=O) groups excluding carboxylic acids is 2. The van der Waals surface area contributed by atoms with Crippen molar-refractivity contribution in [1.82, 2.24) is 20.1 Å². The monoisotopic (exact) mass is 487 g/mol. The minimum atomic E-state index is -0.302. The third-order valence-corrected chi connectivity index (χ3v) is 6.22. The molecule has 2 N–H and O–H groups in total. The number of aromatic nitrogens is 1. The number of rotatable bonds is 7. The van der Waals surface area contributed by atoms with Crippen LogP contribution in [0, 0.1) is 5.82 Å². The number of benzene rings is 2. The Kier molecular flexibility index (Phi) is 7.54. The third kappa shape index (κ3) is 6.50. The molecule has 2 aromatic carbocycles. The van der Waals surface area contributed by atoms with Gasteiger partial charge in [-0.25, -0.2) is 9.37 Å². The Morgan fingerprint density at radius 1 is 1.09 bits per heavy atom. The van der Waals surface area contributed by atoms with Crippen molar-refractivity contribution >= 4 is 45.6 Å². The topological polar surface area (TPSA) is 77.6 Å². The average molecular weight is 488 g/mol. The Bertz CT molecular complexity index is 1120. The molecule has 0 saturated carbocycles. The first kappa shape index (κ1) is 23.2. The molecule has 1 fully saturated rings. The van der Waals surface area contributed by atoms with E-state index >= 15 is 0 Å². The molecule has 1 aliphatic rings. The van der Waals surface area contributed by atoms with E-state index in [2.05, 4.69) is 15.6 Å². The first-order valence-electron chi connectivity index (χ1n) is 10.5. The zero-order chi connectivity index (χ0) is 23.2. The van der Waals surface area contributed by atoms with E-state index in [0.29, 0.717) is 48.6 Å². The van der Waals surface area contributed by atoms with Gasteiger partial charge in [0.2, 0.25) is 5.91 Å². The van der Waals surface area contributed by atoms with Crippen molar-refractivity contribution in [3.63, 3.8) is 0 Å². The van der Waals surface area contributed by atoms with Gasteiger partial charge >= 0.3 is 0 Å². The number of thiazole rings is 1. The third-order valence-electron chi connectivity index (χ3n) is 5.23. The van der Waals surface area contributed by atoms with Crippen LogP contribution in [-0.2, 0) is 11.3 Å². The summed E-state index contributed by atoms with van der Waals surface area (Å²) in [6.45, 7) is 2.87. The van der Waals surface area contributed by atoms with Crippen LogP contribution in [0.5, 0.6) is 0 Å². The molecule has 2 amide bonds. The number of piperazine rings is 1. The molecule has 4 rings (SSSR count). The van der Waals surface area contributed by atoms with Crippen LogP contribution in [0.1, 0.15) is 16.1 Å². The molecule has 172 valence electrons. The standard InChI is InChI=1S/C23H23ClFN5O2S/c24-17-2-1-3-19(12-17)27-23-28-20(15-33-23)22(32)30-10-8-29(9-11-30)14-21(31)26-13-16-4-6-18(25)7-5-16/h1-7,12,15H,8-11,13-14H2,(H,26,31)(H,27,28). The Balaban J connectivity index is 1.22. The molecule has 1 aromatic heterocycles. The van der Waals surface area contributed by atoms with Crippen molar-refractivity contribution in [3.05, 3.63) is 76.0 Å². The van der Waals surface area contributed by atoms with Gasteiger partial charge in [0.15, 0.2) is 5.13 Å². The van der Waals surface area contributed by atoms with Gasteiger partial charge in [0.25, 0.3) is 5.91 Å². The lowest BCUT2D eigenvalue weighted by atomic mass is 10.2. The van der Waals surface area contributed by atoms with Gasteiger partial charge in [-0.15, -0.1) is 11.3 Å². The lowest BCUT2D eigenvalue weighted by molar-refractivity contribution is -0.122. The molecular formula is C23H23ClFN5O2S. The molecule has 7 nitrogen and oxygen atoms in total. The van der Waals surface area contributed by atoms with E-state index in [1.807, 2.05) is 17.0 Å². The molecule has 0 unspecified atom stereocenters. The smallest absolute Gasteiger partial charge is 0.273 e. The SMILES string of the molecule is O=C(CN1CCN(C(=O)c2csc(Nc3cccc(Cl)c3)n2)CC1)NCc1ccc(F)cc1. The minimum Gasteiger partial charge on any atom is -0.351 e. The lowest BCUT2D eigenvalue weighted by Gasteiger charge is -2.33. The van der Waals surface area contributed by atoms with Crippen LogP contribution in [0.25, 0.3) is 0 Å². The Morgan fingerprint density at radius 2 is 1.85 bits per heavy atom. The number of nitrogens with zero attached hydrogens (tertiary/aromatic N) is 3. The summed E-state index contributed by atoms with van der Waals surface area (Å²) in [4.78, 5) is 33.2. The summed E-state index contributed by atoms with van der Waals surface area (Å²) < 4.78 is 13.0. The van der Waals surface area contributed by atoms with Gasteiger partial charge < -0.3 is 15.5 Å². The van der Waals surface area contributed by atoms with Crippen LogP contribution in [0.4, 0.5) is 15.2 Å². The Labute approximate surface area is 200 Å². The van der Waals surface area contributed by atoms with Gasteiger partial charge in [0.1, 0.15) is 11.5 Å². The molecule has 0 aliphatic carbocycles. The van der Waals surface area contributed by atoms with Crippen molar-refractivity contribution in [2.75, 3.05) is 38.0 Å². The van der Waals surface area contributed by atoms with Crippen molar-refractivity contribution in [2.45, 2.75) is 6.54 Å². The average Bonchev–Trinajstić information content (AvgIpc) is 3.27. The van der Waals surface area contributed by atoms with E-state index in [-0.39, 0.29) is 24.2 Å². The molecule has 10 heteroatoms. The lowest BCUT2D eigenvalue weighted by Crippen LogP contribution is -2.51. The van der Waals surface area contributed by atoms with Crippen LogP contribution in [-0.4, -0.2) is 59.3 Å². The second-order valence-electron chi connectivity index (χ2n) is 7.64. The van der Waals surface area contributed by atoms with E-state index in [1.165, 1.54) is 23.5 Å². The van der Waals surface area contributed by atoms with Gasteiger partial charge in [0.05, 0.1) is 6.54 Å². The van der Waals surface area contributed by atoms with Crippen LogP contribution < -0.4 is 10.6 Å². The molecule has 1 aliphatic heterocycles. The number of amides is 2. The largest absolute Gasteiger partial charge is 0.351 e. The predicted octanol–water partition coefficient (Wildman–Crippen LogP) is 3.75. The molecular weight excluding hydrogens is 465 g/mol. The first-order chi connectivity index (χ1) is 16.0. The number of halogens is 2. The second kappa shape index (κ2) is 10.7. The first-order valence-corrected chi connectivity index (χ1v) is 11.7. The van der Waals surface area contributed by atoms with Crippen LogP contribution in [0.3, 0.4) is 0 Å². The summed E-state index contributed by atoms with van der Waals surface area (Å²) in [5.74, 6) is -0.523. The number of hydrogen-bond acceptors (Lipinski definition) is 6. The molecule has 0 radical (unpaired) electrons. The minimum absolute atomic E-state index is 0.102. The molecule has 0 spiro atoms. The van der Waals surface area contributed by atoms with Gasteiger partial charge in [-0.2, -0.15) is 0 Å². The van der Waals surface area contributed by atoms with Crippen molar-refractivity contribution < 1.29 is 14.0 Å². The summed E-state index contributed by atoms with van der Waals surface area (Å²) in [6, 6.07) is 13.3. The van der Waals surface area contributed by atoms with E-state index < -0.39 is 0 Å². The normalized spacial score (nSPS) is 14.2. The molecule has 0 atom stereocenters. The Morgan fingerprint density at radius 3 is 2.58 bits per heavy atom. The number of anilines is 2. The highest BCUT2D eigenvalue weighted by Gasteiger charge is 2.24. The molecule has 1 saturated heterocycles. The fourth-order valence-electron chi connectivity index (χ4n) is 3.45. The van der Waals surface area contributed by atoms with Crippen LogP contribution >= 0.6 is 22.9 Å². The van der Waals surface area contributed by atoms with Crippen LogP contribution in [0.15, 0.2) is 53.9 Å².